The number of hydrogen-bond donors (Lipinski definition) is 1. The van der Waals surface area contributed by atoms with Gasteiger partial charge >= 0.3 is 5.97 Å². The Hall–Kier alpha value is -3.07. The maximum Gasteiger partial charge on any atom is 0.342 e. The van der Waals surface area contributed by atoms with E-state index in [0.29, 0.717) is 16.0 Å². The van der Waals surface area contributed by atoms with Gasteiger partial charge in [0.1, 0.15) is 22.7 Å². The Morgan fingerprint density at radius 1 is 1.12 bits per heavy atom. The number of H-pyrrole nitrogens is 1. The van der Waals surface area contributed by atoms with Gasteiger partial charge < -0.3 is 23.9 Å². The third-order valence-electron chi connectivity index (χ3n) is 3.63. The minimum atomic E-state index is -0.643. The fourth-order valence-corrected chi connectivity index (χ4v) is 3.19. The second-order valence-corrected chi connectivity index (χ2v) is 6.02. The Bertz CT molecular complexity index is 1010. The van der Waals surface area contributed by atoms with E-state index in [1.807, 2.05) is 0 Å². The van der Waals surface area contributed by atoms with E-state index in [1.165, 1.54) is 38.7 Å². The van der Waals surface area contributed by atoms with Crippen LogP contribution in [-0.4, -0.2) is 37.3 Å². The van der Waals surface area contributed by atoms with Crippen LogP contribution in [0.5, 0.6) is 17.2 Å². The van der Waals surface area contributed by atoms with Crippen LogP contribution < -0.4 is 19.8 Å². The molecule has 0 bridgehead atoms. The zero-order valence-electron chi connectivity index (χ0n) is 14.3. The topological polar surface area (TPSA) is 99.7 Å². The van der Waals surface area contributed by atoms with E-state index in [4.69, 9.17) is 18.9 Å². The normalized spacial score (nSPS) is 10.6. The summed E-state index contributed by atoms with van der Waals surface area (Å²) in [5, 5.41) is 1.77. The van der Waals surface area contributed by atoms with Gasteiger partial charge in [-0.2, -0.15) is 0 Å². The van der Waals surface area contributed by atoms with E-state index in [2.05, 4.69) is 9.97 Å². The van der Waals surface area contributed by atoms with Crippen molar-refractivity contribution < 1.29 is 23.7 Å². The summed E-state index contributed by atoms with van der Waals surface area (Å²) in [7, 11) is 4.34. The molecule has 0 spiro atoms. The van der Waals surface area contributed by atoms with Gasteiger partial charge in [0.05, 0.1) is 26.8 Å². The minimum Gasteiger partial charge on any atom is -0.493 e. The lowest BCUT2D eigenvalue weighted by Gasteiger charge is -2.15. The van der Waals surface area contributed by atoms with E-state index >= 15 is 0 Å². The molecule has 0 saturated heterocycles. The Kier molecular flexibility index (Phi) is 5.08. The molecule has 0 aliphatic rings. The van der Waals surface area contributed by atoms with Crippen LogP contribution in [0.25, 0.3) is 10.2 Å². The van der Waals surface area contributed by atoms with E-state index in [-0.39, 0.29) is 35.1 Å². The van der Waals surface area contributed by atoms with Crippen LogP contribution in [0.4, 0.5) is 0 Å². The Morgan fingerprint density at radius 2 is 1.88 bits per heavy atom. The van der Waals surface area contributed by atoms with Crippen LogP contribution in [0.1, 0.15) is 16.2 Å². The first kappa shape index (κ1) is 17.7. The average molecular weight is 376 g/mol. The van der Waals surface area contributed by atoms with E-state index < -0.39 is 5.97 Å². The van der Waals surface area contributed by atoms with E-state index in [9.17, 15) is 9.59 Å². The van der Waals surface area contributed by atoms with Crippen LogP contribution in [0, 0.1) is 0 Å². The number of rotatable bonds is 6. The predicted molar refractivity (Wildman–Crippen MR) is 95.5 cm³/mol. The number of aromatic amines is 1. The molecule has 1 aromatic carbocycles. The van der Waals surface area contributed by atoms with Crippen molar-refractivity contribution in [1.82, 2.24) is 9.97 Å². The Balaban J connectivity index is 1.84. The lowest BCUT2D eigenvalue weighted by atomic mass is 10.1. The third kappa shape index (κ3) is 3.21. The second kappa shape index (κ2) is 7.44. The number of benzene rings is 1. The SMILES string of the molecule is COc1ccc(C(=O)OCc2nc3ccsc3c(=O)[nH]2)c(OC)c1OC. The predicted octanol–water partition coefficient (Wildman–Crippen LogP) is 2.37. The molecule has 0 radical (unpaired) electrons. The Morgan fingerprint density at radius 3 is 2.58 bits per heavy atom. The molecular formula is C17H16N2O6S. The van der Waals surface area contributed by atoms with Crippen LogP contribution in [0.15, 0.2) is 28.4 Å². The Labute approximate surface area is 152 Å². The van der Waals surface area contributed by atoms with Crippen molar-refractivity contribution >= 4 is 27.5 Å². The first-order valence-electron chi connectivity index (χ1n) is 7.51. The number of nitrogens with one attached hydrogen (secondary N) is 1. The van der Waals surface area contributed by atoms with Gasteiger partial charge in [-0.3, -0.25) is 4.79 Å². The number of thiophene rings is 1. The highest BCUT2D eigenvalue weighted by Crippen LogP contribution is 2.40. The number of ether oxygens (including phenoxy) is 4. The van der Waals surface area contributed by atoms with Crippen LogP contribution in [0.2, 0.25) is 0 Å². The van der Waals surface area contributed by atoms with E-state index in [0.717, 1.165) is 0 Å². The molecule has 0 unspecified atom stereocenters. The first-order chi connectivity index (χ1) is 12.6. The highest BCUT2D eigenvalue weighted by atomic mass is 32.1. The number of nitrogens with zero attached hydrogens (tertiary/aromatic N) is 1. The molecule has 136 valence electrons. The van der Waals surface area contributed by atoms with Gasteiger partial charge in [0.2, 0.25) is 5.75 Å². The number of fused-ring (bicyclic) bond motifs is 1. The van der Waals surface area contributed by atoms with Crippen molar-refractivity contribution in [2.24, 2.45) is 0 Å². The van der Waals surface area contributed by atoms with Crippen LogP contribution in [-0.2, 0) is 11.3 Å². The van der Waals surface area contributed by atoms with Crippen LogP contribution in [0.3, 0.4) is 0 Å². The summed E-state index contributed by atoms with van der Waals surface area (Å²) in [5.74, 6) is 0.529. The molecule has 3 rings (SSSR count). The van der Waals surface area contributed by atoms with Crippen molar-refractivity contribution in [1.29, 1.82) is 0 Å². The summed E-state index contributed by atoms with van der Waals surface area (Å²) in [6.07, 6.45) is 0. The van der Waals surface area contributed by atoms with Gasteiger partial charge in [0, 0.05) is 0 Å². The van der Waals surface area contributed by atoms with Gasteiger partial charge in [0.25, 0.3) is 5.56 Å². The van der Waals surface area contributed by atoms with E-state index in [1.54, 1.807) is 17.5 Å². The lowest BCUT2D eigenvalue weighted by molar-refractivity contribution is 0.0458. The molecule has 0 saturated carbocycles. The molecule has 2 heterocycles. The van der Waals surface area contributed by atoms with Crippen molar-refractivity contribution in [3.05, 3.63) is 45.3 Å². The van der Waals surface area contributed by atoms with Crippen molar-refractivity contribution in [3.8, 4) is 17.2 Å². The van der Waals surface area contributed by atoms with Crippen molar-refractivity contribution in [2.75, 3.05) is 21.3 Å². The maximum absolute atomic E-state index is 12.4. The molecule has 8 nitrogen and oxygen atoms in total. The van der Waals surface area contributed by atoms with Crippen molar-refractivity contribution in [3.63, 3.8) is 0 Å². The third-order valence-corrected chi connectivity index (χ3v) is 4.53. The number of aromatic nitrogens is 2. The fourth-order valence-electron chi connectivity index (χ4n) is 2.46. The summed E-state index contributed by atoms with van der Waals surface area (Å²) < 4.78 is 21.5. The molecule has 0 fully saturated rings. The lowest BCUT2D eigenvalue weighted by Crippen LogP contribution is -2.14. The zero-order valence-corrected chi connectivity index (χ0v) is 15.1. The summed E-state index contributed by atoms with van der Waals surface area (Å²) in [4.78, 5) is 31.3. The second-order valence-electron chi connectivity index (χ2n) is 5.11. The highest BCUT2D eigenvalue weighted by Gasteiger charge is 2.22. The van der Waals surface area contributed by atoms with Crippen molar-refractivity contribution in [2.45, 2.75) is 6.61 Å². The molecule has 1 N–H and O–H groups in total. The average Bonchev–Trinajstić information content (AvgIpc) is 3.13. The minimum absolute atomic E-state index is 0.170. The largest absolute Gasteiger partial charge is 0.493 e. The number of carbonyl (C=O) groups excluding carboxylic acids is 1. The monoisotopic (exact) mass is 376 g/mol. The van der Waals surface area contributed by atoms with Gasteiger partial charge in [-0.05, 0) is 23.6 Å². The molecule has 3 aromatic rings. The molecule has 0 amide bonds. The number of esters is 1. The molecule has 0 aliphatic carbocycles. The molecule has 2 aromatic heterocycles. The molecule has 9 heteroatoms. The first-order valence-corrected chi connectivity index (χ1v) is 8.39. The molecule has 26 heavy (non-hydrogen) atoms. The summed E-state index contributed by atoms with van der Waals surface area (Å²) in [5.41, 5.74) is 0.470. The standard InChI is InChI=1S/C17H16N2O6S/c1-22-11-5-4-9(13(23-2)14(11)24-3)17(21)25-8-12-18-10-6-7-26-15(10)16(20)19-12/h4-7H,8H2,1-3H3,(H,18,19,20). The number of carbonyl (C=O) groups is 1. The summed E-state index contributed by atoms with van der Waals surface area (Å²) >= 11 is 1.30. The summed E-state index contributed by atoms with van der Waals surface area (Å²) in [6.45, 7) is -0.183. The molecular weight excluding hydrogens is 360 g/mol. The fraction of sp³-hybridized carbons (Fsp3) is 0.235. The van der Waals surface area contributed by atoms with Gasteiger partial charge in [0.15, 0.2) is 11.5 Å². The molecule has 0 atom stereocenters. The van der Waals surface area contributed by atoms with Crippen LogP contribution >= 0.6 is 11.3 Å². The highest BCUT2D eigenvalue weighted by molar-refractivity contribution is 7.17. The van der Waals surface area contributed by atoms with Gasteiger partial charge in [-0.15, -0.1) is 11.3 Å². The maximum atomic E-state index is 12.4. The molecule has 0 aliphatic heterocycles. The quantitative estimate of drug-likeness (QED) is 0.659. The van der Waals surface area contributed by atoms with Gasteiger partial charge in [-0.25, -0.2) is 9.78 Å². The zero-order chi connectivity index (χ0) is 18.7. The smallest absolute Gasteiger partial charge is 0.342 e. The number of methoxy groups -OCH3 is 3. The van der Waals surface area contributed by atoms with Gasteiger partial charge in [-0.1, -0.05) is 0 Å². The number of hydrogen-bond acceptors (Lipinski definition) is 8. The summed E-state index contributed by atoms with van der Waals surface area (Å²) in [6, 6.07) is 4.83.